The van der Waals surface area contributed by atoms with Crippen molar-refractivity contribution in [1.29, 1.82) is 0 Å². The number of carbonyl (C=O) groups is 1. The Morgan fingerprint density at radius 3 is 2.34 bits per heavy atom. The lowest BCUT2D eigenvalue weighted by Gasteiger charge is -2.19. The highest BCUT2D eigenvalue weighted by atomic mass is 32.2. The van der Waals surface area contributed by atoms with Gasteiger partial charge in [-0.1, -0.05) is 36.5 Å². The van der Waals surface area contributed by atoms with Gasteiger partial charge in [0.15, 0.2) is 15.0 Å². The third-order valence-electron chi connectivity index (χ3n) is 5.29. The summed E-state index contributed by atoms with van der Waals surface area (Å²) in [5.74, 6) is -0.248. The highest BCUT2D eigenvalue weighted by molar-refractivity contribution is 7.91. The highest BCUT2D eigenvalue weighted by Crippen LogP contribution is 2.34. The Morgan fingerprint density at radius 2 is 1.72 bits per heavy atom. The number of anilines is 1. The first kappa shape index (κ1) is 22.1. The zero-order valence-corrected chi connectivity index (χ0v) is 19.7. The molecule has 0 aliphatic heterocycles. The van der Waals surface area contributed by atoms with Crippen molar-refractivity contribution >= 4 is 42.4 Å². The van der Waals surface area contributed by atoms with Crippen molar-refractivity contribution in [2.75, 3.05) is 10.7 Å². The molecule has 0 aliphatic rings. The van der Waals surface area contributed by atoms with E-state index in [1.807, 2.05) is 38.1 Å². The molecule has 1 amide bonds. The molecule has 4 aromatic rings. The van der Waals surface area contributed by atoms with E-state index in [4.69, 9.17) is 4.98 Å². The van der Waals surface area contributed by atoms with Gasteiger partial charge in [-0.15, -0.1) is 0 Å². The average molecular weight is 466 g/mol. The van der Waals surface area contributed by atoms with Crippen molar-refractivity contribution < 1.29 is 13.2 Å². The molecule has 0 atom stereocenters. The number of hydrogen-bond acceptors (Lipinski definition) is 6. The number of hydrogen-bond donors (Lipinski definition) is 0. The number of aryl methyl sites for hydroxylation is 2. The van der Waals surface area contributed by atoms with Gasteiger partial charge in [-0.2, -0.15) is 0 Å². The van der Waals surface area contributed by atoms with Crippen molar-refractivity contribution in [2.45, 2.75) is 32.2 Å². The second-order valence-electron chi connectivity index (χ2n) is 7.51. The average Bonchev–Trinajstić information content (AvgIpc) is 3.27. The molecule has 0 fully saturated rings. The van der Waals surface area contributed by atoms with Crippen LogP contribution in [-0.4, -0.2) is 30.0 Å². The molecule has 0 saturated heterocycles. The molecule has 0 saturated carbocycles. The van der Waals surface area contributed by atoms with Crippen LogP contribution in [0.2, 0.25) is 0 Å². The minimum Gasteiger partial charge on any atom is -0.278 e. The Bertz CT molecular complexity index is 1340. The predicted octanol–water partition coefficient (Wildman–Crippen LogP) is 4.95. The van der Waals surface area contributed by atoms with Crippen molar-refractivity contribution in [1.82, 2.24) is 9.97 Å². The molecule has 164 valence electrons. The van der Waals surface area contributed by atoms with Crippen LogP contribution in [0, 0.1) is 13.8 Å². The number of benzene rings is 2. The van der Waals surface area contributed by atoms with Gasteiger partial charge in [0, 0.05) is 11.8 Å². The number of nitrogens with zero attached hydrogens (tertiary/aromatic N) is 3. The van der Waals surface area contributed by atoms with Gasteiger partial charge >= 0.3 is 0 Å². The van der Waals surface area contributed by atoms with Gasteiger partial charge < -0.3 is 0 Å². The minimum absolute atomic E-state index is 0.0104. The van der Waals surface area contributed by atoms with Crippen LogP contribution in [0.1, 0.15) is 34.1 Å². The fraction of sp³-hybridized carbons (Fsp3) is 0.208. The molecule has 0 unspecified atom stereocenters. The van der Waals surface area contributed by atoms with Gasteiger partial charge in [-0.3, -0.25) is 14.7 Å². The minimum atomic E-state index is -3.33. The molecule has 0 radical (unpaired) electrons. The quantitative estimate of drug-likeness (QED) is 0.403. The third-order valence-corrected chi connectivity index (χ3v) is 8.26. The lowest BCUT2D eigenvalue weighted by Crippen LogP contribution is -2.30. The van der Waals surface area contributed by atoms with E-state index in [0.29, 0.717) is 10.7 Å². The maximum Gasteiger partial charge on any atom is 0.260 e. The maximum absolute atomic E-state index is 13.5. The van der Waals surface area contributed by atoms with Crippen LogP contribution in [0.3, 0.4) is 0 Å². The van der Waals surface area contributed by atoms with Crippen molar-refractivity contribution in [2.24, 2.45) is 0 Å². The van der Waals surface area contributed by atoms with Gasteiger partial charge in [-0.05, 0) is 61.4 Å². The molecule has 0 aliphatic carbocycles. The summed E-state index contributed by atoms with van der Waals surface area (Å²) in [4.78, 5) is 24.5. The zero-order valence-electron chi connectivity index (χ0n) is 18.1. The molecule has 2 aromatic heterocycles. The lowest BCUT2D eigenvalue weighted by molar-refractivity contribution is 0.0984. The van der Waals surface area contributed by atoms with Gasteiger partial charge in [0.1, 0.15) is 0 Å². The summed E-state index contributed by atoms with van der Waals surface area (Å²) in [6, 6.07) is 15.7. The topological polar surface area (TPSA) is 80.2 Å². The smallest absolute Gasteiger partial charge is 0.260 e. The Labute approximate surface area is 191 Å². The Kier molecular flexibility index (Phi) is 6.08. The summed E-state index contributed by atoms with van der Waals surface area (Å²) in [5.41, 5.74) is 4.16. The fourth-order valence-electron chi connectivity index (χ4n) is 3.37. The number of rotatable bonds is 6. The number of pyridine rings is 1. The van der Waals surface area contributed by atoms with E-state index in [-0.39, 0.29) is 23.1 Å². The third kappa shape index (κ3) is 4.28. The van der Waals surface area contributed by atoms with Crippen LogP contribution in [0.15, 0.2) is 65.7 Å². The van der Waals surface area contributed by atoms with Crippen molar-refractivity contribution in [3.05, 3.63) is 83.2 Å². The van der Waals surface area contributed by atoms with E-state index in [1.54, 1.807) is 30.2 Å². The molecule has 8 heteroatoms. The van der Waals surface area contributed by atoms with E-state index in [2.05, 4.69) is 11.1 Å². The molecule has 4 rings (SSSR count). The number of carbonyl (C=O) groups excluding carboxylic acids is 1. The molecule has 2 heterocycles. The molecule has 2 aromatic carbocycles. The van der Waals surface area contributed by atoms with E-state index >= 15 is 0 Å². The molecular weight excluding hydrogens is 442 g/mol. The second kappa shape index (κ2) is 8.80. The van der Waals surface area contributed by atoms with Crippen LogP contribution in [0.4, 0.5) is 5.13 Å². The second-order valence-corrected chi connectivity index (χ2v) is 10.8. The largest absolute Gasteiger partial charge is 0.278 e. The summed E-state index contributed by atoms with van der Waals surface area (Å²) in [6.07, 6.45) is 1.69. The van der Waals surface area contributed by atoms with E-state index in [0.717, 1.165) is 27.0 Å². The van der Waals surface area contributed by atoms with Gasteiger partial charge in [-0.25, -0.2) is 13.4 Å². The van der Waals surface area contributed by atoms with E-state index in [9.17, 15) is 13.2 Å². The molecular formula is C24H23N3O3S2. The van der Waals surface area contributed by atoms with Crippen molar-refractivity contribution in [3.8, 4) is 0 Å². The van der Waals surface area contributed by atoms with Crippen molar-refractivity contribution in [3.63, 3.8) is 0 Å². The number of thiazole rings is 1. The fourth-order valence-corrected chi connectivity index (χ4v) is 5.36. The Balaban J connectivity index is 1.77. The van der Waals surface area contributed by atoms with Crippen LogP contribution in [0.5, 0.6) is 0 Å². The van der Waals surface area contributed by atoms with Gasteiger partial charge in [0.2, 0.25) is 0 Å². The standard InChI is InChI=1S/C24H23N3O3S2/c1-4-32(29,30)20-12-10-18(11-13-20)23(28)27(15-19-7-5-6-14-25-19)24-26-21-16(2)8-9-17(3)22(21)31-24/h5-14H,4,15H2,1-3H3. The number of fused-ring (bicyclic) bond motifs is 1. The molecule has 0 spiro atoms. The first-order valence-electron chi connectivity index (χ1n) is 10.2. The van der Waals surface area contributed by atoms with Gasteiger partial charge in [0.05, 0.1) is 33.1 Å². The Morgan fingerprint density at radius 1 is 1.00 bits per heavy atom. The molecule has 32 heavy (non-hydrogen) atoms. The highest BCUT2D eigenvalue weighted by Gasteiger charge is 2.24. The van der Waals surface area contributed by atoms with Crippen LogP contribution in [0.25, 0.3) is 10.2 Å². The SMILES string of the molecule is CCS(=O)(=O)c1ccc(C(=O)N(Cc2ccccn2)c2nc3c(C)ccc(C)c3s2)cc1. The monoisotopic (exact) mass is 465 g/mol. The molecule has 6 nitrogen and oxygen atoms in total. The summed E-state index contributed by atoms with van der Waals surface area (Å²) < 4.78 is 25.3. The lowest BCUT2D eigenvalue weighted by atomic mass is 10.1. The predicted molar refractivity (Wildman–Crippen MR) is 128 cm³/mol. The normalized spacial score (nSPS) is 11.6. The first-order valence-corrected chi connectivity index (χ1v) is 12.7. The van der Waals surface area contributed by atoms with Crippen LogP contribution < -0.4 is 4.90 Å². The first-order chi connectivity index (χ1) is 15.3. The number of aromatic nitrogens is 2. The summed E-state index contributed by atoms with van der Waals surface area (Å²) in [6.45, 7) is 5.89. The Hall–Kier alpha value is -3.10. The van der Waals surface area contributed by atoms with Crippen LogP contribution in [-0.2, 0) is 16.4 Å². The van der Waals surface area contributed by atoms with Gasteiger partial charge in [0.25, 0.3) is 5.91 Å². The summed E-state index contributed by atoms with van der Waals surface area (Å²) in [5, 5.41) is 0.582. The van der Waals surface area contributed by atoms with E-state index in [1.165, 1.54) is 23.5 Å². The zero-order chi connectivity index (χ0) is 22.9. The molecule has 0 bridgehead atoms. The number of sulfone groups is 1. The van der Waals surface area contributed by atoms with Crippen LogP contribution >= 0.6 is 11.3 Å². The van der Waals surface area contributed by atoms with E-state index < -0.39 is 9.84 Å². The summed E-state index contributed by atoms with van der Waals surface area (Å²) >= 11 is 1.47. The summed E-state index contributed by atoms with van der Waals surface area (Å²) in [7, 11) is -3.33. The number of amides is 1. The maximum atomic E-state index is 13.5. The molecule has 0 N–H and O–H groups in total.